The van der Waals surface area contributed by atoms with Gasteiger partial charge < -0.3 is 9.40 Å². The minimum Gasteiger partial charge on any atom is -0.464 e. The van der Waals surface area contributed by atoms with Crippen LogP contribution >= 0.6 is 23.2 Å². The molecule has 2 aromatic carbocycles. The molecule has 5 rings (SSSR count). The van der Waals surface area contributed by atoms with E-state index < -0.39 is 0 Å². The van der Waals surface area contributed by atoms with E-state index in [4.69, 9.17) is 27.6 Å². The third-order valence-corrected chi connectivity index (χ3v) is 6.44. The Kier molecular flexibility index (Phi) is 5.37. The number of hydrogen-bond donors (Lipinski definition) is 1. The number of aromatic amines is 1. The van der Waals surface area contributed by atoms with E-state index in [9.17, 15) is 9.59 Å². The van der Waals surface area contributed by atoms with Gasteiger partial charge in [0, 0.05) is 47.2 Å². The normalized spacial score (nSPS) is 14.0. The standard InChI is InChI=1S/C24H19Cl2N3O3/c1-13-8-21-17(9-19(13)26)22(30)15(12-32-21)10-29-7-6-20-18(11-29)24(31)28-23(27-20)14-2-4-16(25)5-3-14/h2-5,8-9,12H,6-7,10-11H2,1H3,(H,27,28,31). The van der Waals surface area contributed by atoms with Gasteiger partial charge in [-0.2, -0.15) is 0 Å². The summed E-state index contributed by atoms with van der Waals surface area (Å²) in [6, 6.07) is 10.6. The third kappa shape index (κ3) is 3.86. The van der Waals surface area contributed by atoms with Crippen molar-refractivity contribution in [3.63, 3.8) is 0 Å². The van der Waals surface area contributed by atoms with Crippen LogP contribution in [0.5, 0.6) is 0 Å². The number of nitrogens with zero attached hydrogens (tertiary/aromatic N) is 2. The molecule has 6 nitrogen and oxygen atoms in total. The molecule has 0 saturated heterocycles. The zero-order valence-electron chi connectivity index (χ0n) is 17.2. The maximum Gasteiger partial charge on any atom is 0.255 e. The van der Waals surface area contributed by atoms with Crippen LogP contribution in [0.25, 0.3) is 22.4 Å². The van der Waals surface area contributed by atoms with Gasteiger partial charge in [-0.1, -0.05) is 23.2 Å². The highest BCUT2D eigenvalue weighted by atomic mass is 35.5. The Morgan fingerprint density at radius 1 is 1.16 bits per heavy atom. The Hall–Kier alpha value is -2.93. The molecule has 0 aliphatic carbocycles. The quantitative estimate of drug-likeness (QED) is 0.471. The first kappa shape index (κ1) is 20.9. The minimum atomic E-state index is -0.169. The molecule has 1 aliphatic heterocycles. The van der Waals surface area contributed by atoms with Crippen LogP contribution in [0.15, 0.2) is 56.7 Å². The summed E-state index contributed by atoms with van der Waals surface area (Å²) in [7, 11) is 0. The van der Waals surface area contributed by atoms with Gasteiger partial charge in [0.15, 0.2) is 5.43 Å². The molecule has 0 fully saturated rings. The van der Waals surface area contributed by atoms with Crippen molar-refractivity contribution in [3.8, 4) is 11.4 Å². The number of H-pyrrole nitrogens is 1. The smallest absolute Gasteiger partial charge is 0.255 e. The lowest BCUT2D eigenvalue weighted by molar-refractivity contribution is 0.239. The molecule has 0 radical (unpaired) electrons. The summed E-state index contributed by atoms with van der Waals surface area (Å²) >= 11 is 12.2. The van der Waals surface area contributed by atoms with Crippen LogP contribution in [0.1, 0.15) is 22.4 Å². The first-order valence-corrected chi connectivity index (χ1v) is 11.0. The van der Waals surface area contributed by atoms with Crippen molar-refractivity contribution in [1.82, 2.24) is 14.9 Å². The second kappa shape index (κ2) is 8.20. The number of aryl methyl sites for hydroxylation is 1. The molecule has 0 atom stereocenters. The van der Waals surface area contributed by atoms with E-state index in [1.807, 2.05) is 19.1 Å². The molecular weight excluding hydrogens is 449 g/mol. The van der Waals surface area contributed by atoms with Crippen LogP contribution < -0.4 is 11.0 Å². The lowest BCUT2D eigenvalue weighted by atomic mass is 10.0. The van der Waals surface area contributed by atoms with Crippen molar-refractivity contribution in [2.75, 3.05) is 6.54 Å². The van der Waals surface area contributed by atoms with Crippen LogP contribution in [0.2, 0.25) is 10.0 Å². The fraction of sp³-hybridized carbons (Fsp3) is 0.208. The molecule has 32 heavy (non-hydrogen) atoms. The van der Waals surface area contributed by atoms with E-state index in [2.05, 4.69) is 14.9 Å². The molecule has 0 spiro atoms. The van der Waals surface area contributed by atoms with E-state index in [-0.39, 0.29) is 11.0 Å². The van der Waals surface area contributed by atoms with Crippen molar-refractivity contribution in [2.45, 2.75) is 26.4 Å². The fourth-order valence-electron chi connectivity index (χ4n) is 4.00. The first-order chi connectivity index (χ1) is 15.4. The van der Waals surface area contributed by atoms with Gasteiger partial charge in [-0.15, -0.1) is 0 Å². The number of rotatable bonds is 3. The molecule has 4 aromatic rings. The van der Waals surface area contributed by atoms with Gasteiger partial charge in [-0.3, -0.25) is 14.5 Å². The predicted octanol–water partition coefficient (Wildman–Crippen LogP) is 4.72. The predicted molar refractivity (Wildman–Crippen MR) is 125 cm³/mol. The maximum atomic E-state index is 13.0. The van der Waals surface area contributed by atoms with Crippen molar-refractivity contribution in [2.24, 2.45) is 0 Å². The van der Waals surface area contributed by atoms with Crippen molar-refractivity contribution < 1.29 is 4.42 Å². The summed E-state index contributed by atoms with van der Waals surface area (Å²) in [6.07, 6.45) is 2.11. The average Bonchev–Trinajstić information content (AvgIpc) is 2.78. The number of fused-ring (bicyclic) bond motifs is 2. The summed E-state index contributed by atoms with van der Waals surface area (Å²) in [4.78, 5) is 35.4. The number of aromatic nitrogens is 2. The molecule has 0 saturated carbocycles. The SMILES string of the molecule is Cc1cc2occ(CN3CCc4nc(-c5ccc(Cl)cc5)[nH]c(=O)c4C3)c(=O)c2cc1Cl. The van der Waals surface area contributed by atoms with Crippen LogP contribution in [0.3, 0.4) is 0 Å². The van der Waals surface area contributed by atoms with E-state index in [0.29, 0.717) is 64.0 Å². The molecule has 8 heteroatoms. The minimum absolute atomic E-state index is 0.107. The molecule has 0 unspecified atom stereocenters. The zero-order chi connectivity index (χ0) is 22.4. The Morgan fingerprint density at radius 2 is 1.94 bits per heavy atom. The Labute approximate surface area is 193 Å². The maximum absolute atomic E-state index is 13.0. The summed E-state index contributed by atoms with van der Waals surface area (Å²) in [5.41, 5.74) is 3.83. The van der Waals surface area contributed by atoms with Crippen molar-refractivity contribution in [3.05, 3.63) is 95.7 Å². The largest absolute Gasteiger partial charge is 0.464 e. The molecule has 162 valence electrons. The van der Waals surface area contributed by atoms with Gasteiger partial charge in [0.05, 0.1) is 22.9 Å². The van der Waals surface area contributed by atoms with Crippen molar-refractivity contribution >= 4 is 34.2 Å². The van der Waals surface area contributed by atoms with Crippen LogP contribution in [-0.2, 0) is 19.5 Å². The average molecular weight is 468 g/mol. The topological polar surface area (TPSA) is 79.2 Å². The molecule has 2 aromatic heterocycles. The number of halogens is 2. The van der Waals surface area contributed by atoms with Gasteiger partial charge in [0.2, 0.25) is 0 Å². The van der Waals surface area contributed by atoms with E-state index in [1.54, 1.807) is 24.3 Å². The van der Waals surface area contributed by atoms with Crippen molar-refractivity contribution in [1.29, 1.82) is 0 Å². The fourth-order valence-corrected chi connectivity index (χ4v) is 4.29. The molecule has 0 amide bonds. The van der Waals surface area contributed by atoms with E-state index in [0.717, 1.165) is 16.8 Å². The highest BCUT2D eigenvalue weighted by molar-refractivity contribution is 6.32. The van der Waals surface area contributed by atoms with Gasteiger partial charge in [-0.25, -0.2) is 4.98 Å². The van der Waals surface area contributed by atoms with Gasteiger partial charge in [0.1, 0.15) is 11.4 Å². The highest BCUT2D eigenvalue weighted by Gasteiger charge is 2.23. The summed E-state index contributed by atoms with van der Waals surface area (Å²) in [5, 5.41) is 1.62. The zero-order valence-corrected chi connectivity index (χ0v) is 18.8. The summed E-state index contributed by atoms with van der Waals surface area (Å²) in [5.74, 6) is 0.529. The Balaban J connectivity index is 1.42. The Morgan fingerprint density at radius 3 is 2.72 bits per heavy atom. The van der Waals surface area contributed by atoms with Gasteiger partial charge in [-0.05, 0) is 48.9 Å². The van der Waals surface area contributed by atoms with Gasteiger partial charge in [0.25, 0.3) is 5.56 Å². The lowest BCUT2D eigenvalue weighted by Crippen LogP contribution is -2.36. The lowest BCUT2D eigenvalue weighted by Gasteiger charge is -2.27. The molecule has 3 heterocycles. The molecule has 0 bridgehead atoms. The molecule has 1 aliphatic rings. The number of nitrogens with one attached hydrogen (secondary N) is 1. The molecule has 1 N–H and O–H groups in total. The second-order valence-corrected chi connectivity index (χ2v) is 8.84. The number of hydrogen-bond acceptors (Lipinski definition) is 5. The third-order valence-electron chi connectivity index (χ3n) is 5.78. The Bertz CT molecular complexity index is 1460. The molecular formula is C24H19Cl2N3O3. The highest BCUT2D eigenvalue weighted by Crippen LogP contribution is 2.24. The van der Waals surface area contributed by atoms with E-state index >= 15 is 0 Å². The van der Waals surface area contributed by atoms with Crippen LogP contribution in [0, 0.1) is 6.92 Å². The van der Waals surface area contributed by atoms with Crippen LogP contribution in [0.4, 0.5) is 0 Å². The monoisotopic (exact) mass is 467 g/mol. The summed E-state index contributed by atoms with van der Waals surface area (Å²) in [6.45, 7) is 3.33. The summed E-state index contributed by atoms with van der Waals surface area (Å²) < 4.78 is 5.69. The van der Waals surface area contributed by atoms with Gasteiger partial charge >= 0.3 is 0 Å². The second-order valence-electron chi connectivity index (χ2n) is 7.99. The first-order valence-electron chi connectivity index (χ1n) is 10.2. The number of benzene rings is 2. The van der Waals surface area contributed by atoms with Crippen LogP contribution in [-0.4, -0.2) is 21.4 Å². The van der Waals surface area contributed by atoms with E-state index in [1.165, 1.54) is 6.26 Å².